The van der Waals surface area contributed by atoms with E-state index in [0.29, 0.717) is 19.2 Å². The van der Waals surface area contributed by atoms with Gasteiger partial charge in [-0.3, -0.25) is 0 Å². The molecule has 84 valence electrons. The zero-order chi connectivity index (χ0) is 10.4. The summed E-state index contributed by atoms with van der Waals surface area (Å²) in [6, 6.07) is 0.531. The van der Waals surface area contributed by atoms with Crippen LogP contribution in [0, 0.1) is 5.92 Å². The molecular weight excluding hydrogens is 178 g/mol. The van der Waals surface area contributed by atoms with Crippen LogP contribution < -0.4 is 5.32 Å². The van der Waals surface area contributed by atoms with Crippen LogP contribution >= 0.6 is 0 Å². The van der Waals surface area contributed by atoms with E-state index in [2.05, 4.69) is 12.2 Å². The van der Waals surface area contributed by atoms with Gasteiger partial charge in [0.2, 0.25) is 0 Å². The number of methoxy groups -OCH3 is 1. The maximum atomic E-state index is 9.45. The van der Waals surface area contributed by atoms with E-state index in [9.17, 15) is 5.11 Å². The number of aliphatic hydroxyl groups is 1. The van der Waals surface area contributed by atoms with Gasteiger partial charge >= 0.3 is 0 Å². The molecule has 0 aliphatic heterocycles. The van der Waals surface area contributed by atoms with Gasteiger partial charge in [-0.1, -0.05) is 12.8 Å². The molecule has 1 fully saturated rings. The minimum atomic E-state index is -0.371. The normalized spacial score (nSPS) is 22.5. The molecule has 2 unspecified atom stereocenters. The fraction of sp³-hybridized carbons (Fsp3) is 1.00. The van der Waals surface area contributed by atoms with Crippen LogP contribution in [0.4, 0.5) is 0 Å². The van der Waals surface area contributed by atoms with Gasteiger partial charge in [-0.05, 0) is 25.7 Å². The van der Waals surface area contributed by atoms with Crippen molar-refractivity contribution >= 4 is 0 Å². The van der Waals surface area contributed by atoms with Crippen molar-refractivity contribution in [3.05, 3.63) is 0 Å². The van der Waals surface area contributed by atoms with Gasteiger partial charge in [0, 0.05) is 19.7 Å². The summed E-state index contributed by atoms with van der Waals surface area (Å²) in [7, 11) is 1.61. The van der Waals surface area contributed by atoms with Crippen molar-refractivity contribution in [3.63, 3.8) is 0 Å². The zero-order valence-electron chi connectivity index (χ0n) is 9.33. The minimum absolute atomic E-state index is 0.371. The molecule has 0 heterocycles. The fourth-order valence-electron chi connectivity index (χ4n) is 2.20. The summed E-state index contributed by atoms with van der Waals surface area (Å²) < 4.78 is 4.87. The molecular formula is C11H23NO2. The molecule has 14 heavy (non-hydrogen) atoms. The average Bonchev–Trinajstić information content (AvgIpc) is 2.67. The van der Waals surface area contributed by atoms with E-state index < -0.39 is 0 Å². The van der Waals surface area contributed by atoms with Crippen LogP contribution in [0.3, 0.4) is 0 Å². The Morgan fingerprint density at radius 3 is 2.64 bits per heavy atom. The van der Waals surface area contributed by atoms with Crippen LogP contribution in [0.2, 0.25) is 0 Å². The third kappa shape index (κ3) is 3.95. The molecule has 2 N–H and O–H groups in total. The highest BCUT2D eigenvalue weighted by Crippen LogP contribution is 2.27. The Morgan fingerprint density at radius 2 is 2.07 bits per heavy atom. The fourth-order valence-corrected chi connectivity index (χ4v) is 2.20. The lowest BCUT2D eigenvalue weighted by Crippen LogP contribution is -2.39. The zero-order valence-corrected chi connectivity index (χ0v) is 9.33. The van der Waals surface area contributed by atoms with Crippen LogP contribution in [-0.4, -0.2) is 37.5 Å². The average molecular weight is 201 g/mol. The molecule has 0 aromatic rings. The molecule has 0 aromatic carbocycles. The van der Waals surface area contributed by atoms with Gasteiger partial charge in [0.05, 0.1) is 12.7 Å². The van der Waals surface area contributed by atoms with Crippen LogP contribution in [-0.2, 0) is 4.74 Å². The van der Waals surface area contributed by atoms with E-state index in [1.807, 2.05) is 0 Å². The van der Waals surface area contributed by atoms with E-state index in [0.717, 1.165) is 5.92 Å². The van der Waals surface area contributed by atoms with E-state index in [1.54, 1.807) is 7.11 Å². The summed E-state index contributed by atoms with van der Waals surface area (Å²) in [6.45, 7) is 3.28. The Balaban J connectivity index is 2.10. The highest BCUT2D eigenvalue weighted by Gasteiger charge is 2.21. The maximum Gasteiger partial charge on any atom is 0.0897 e. The molecule has 1 saturated carbocycles. The predicted octanol–water partition coefficient (Wildman–Crippen LogP) is 1.16. The number of rotatable bonds is 6. The molecule has 0 radical (unpaired) electrons. The maximum absolute atomic E-state index is 9.45. The lowest BCUT2D eigenvalue weighted by Gasteiger charge is -2.21. The standard InChI is InChI=1S/C11H23NO2/c1-9(10-5-3-4-6-10)12-7-11(13)8-14-2/h9-13H,3-8H2,1-2H3. The lowest BCUT2D eigenvalue weighted by atomic mass is 10.00. The first-order chi connectivity index (χ1) is 6.74. The molecule has 1 aliphatic carbocycles. The minimum Gasteiger partial charge on any atom is -0.389 e. The molecule has 3 heteroatoms. The SMILES string of the molecule is COCC(O)CNC(C)C1CCCC1. The lowest BCUT2D eigenvalue weighted by molar-refractivity contribution is 0.0617. The smallest absolute Gasteiger partial charge is 0.0897 e. The van der Waals surface area contributed by atoms with E-state index in [4.69, 9.17) is 4.74 Å². The summed E-state index contributed by atoms with van der Waals surface area (Å²) in [4.78, 5) is 0. The van der Waals surface area contributed by atoms with E-state index in [1.165, 1.54) is 25.7 Å². The van der Waals surface area contributed by atoms with Crippen molar-refractivity contribution in [1.82, 2.24) is 5.32 Å². The van der Waals surface area contributed by atoms with E-state index in [-0.39, 0.29) is 6.10 Å². The third-order valence-electron chi connectivity index (χ3n) is 3.14. The molecule has 1 aliphatic rings. The van der Waals surface area contributed by atoms with Gasteiger partial charge in [-0.2, -0.15) is 0 Å². The predicted molar refractivity (Wildman–Crippen MR) is 57.3 cm³/mol. The molecule has 3 nitrogen and oxygen atoms in total. The van der Waals surface area contributed by atoms with Crippen molar-refractivity contribution in [3.8, 4) is 0 Å². The van der Waals surface area contributed by atoms with Gasteiger partial charge in [0.25, 0.3) is 0 Å². The molecule has 1 rings (SSSR count). The second-order valence-electron chi connectivity index (χ2n) is 4.35. The van der Waals surface area contributed by atoms with Crippen molar-refractivity contribution in [2.75, 3.05) is 20.3 Å². The van der Waals surface area contributed by atoms with Crippen molar-refractivity contribution in [1.29, 1.82) is 0 Å². The number of ether oxygens (including phenoxy) is 1. The summed E-state index contributed by atoms with van der Waals surface area (Å²) in [6.07, 6.45) is 5.06. The first-order valence-electron chi connectivity index (χ1n) is 5.64. The summed E-state index contributed by atoms with van der Waals surface area (Å²) in [5, 5.41) is 12.8. The Hall–Kier alpha value is -0.120. The molecule has 0 bridgehead atoms. The molecule has 0 aromatic heterocycles. The van der Waals surface area contributed by atoms with E-state index >= 15 is 0 Å². The van der Waals surface area contributed by atoms with Crippen molar-refractivity contribution < 1.29 is 9.84 Å². The van der Waals surface area contributed by atoms with Gasteiger partial charge in [-0.15, -0.1) is 0 Å². The Labute approximate surface area is 86.8 Å². The van der Waals surface area contributed by atoms with Gasteiger partial charge in [0.15, 0.2) is 0 Å². The van der Waals surface area contributed by atoms with Gasteiger partial charge in [-0.25, -0.2) is 0 Å². The second-order valence-corrected chi connectivity index (χ2v) is 4.35. The molecule has 0 spiro atoms. The highest BCUT2D eigenvalue weighted by molar-refractivity contribution is 4.77. The number of hydrogen-bond acceptors (Lipinski definition) is 3. The van der Waals surface area contributed by atoms with Gasteiger partial charge in [0.1, 0.15) is 0 Å². The topological polar surface area (TPSA) is 41.5 Å². The highest BCUT2D eigenvalue weighted by atomic mass is 16.5. The number of hydrogen-bond donors (Lipinski definition) is 2. The summed E-state index contributed by atoms with van der Waals surface area (Å²) in [5.41, 5.74) is 0. The first-order valence-corrected chi connectivity index (χ1v) is 5.64. The number of nitrogens with one attached hydrogen (secondary N) is 1. The summed E-state index contributed by atoms with van der Waals surface area (Å²) >= 11 is 0. The number of aliphatic hydroxyl groups excluding tert-OH is 1. The monoisotopic (exact) mass is 201 g/mol. The largest absolute Gasteiger partial charge is 0.389 e. The second kappa shape index (κ2) is 6.38. The quantitative estimate of drug-likeness (QED) is 0.677. The Bertz CT molecular complexity index is 146. The first kappa shape index (κ1) is 12.0. The molecule has 2 atom stereocenters. The Kier molecular flexibility index (Phi) is 5.45. The molecule has 0 saturated heterocycles. The Morgan fingerprint density at radius 1 is 1.43 bits per heavy atom. The third-order valence-corrected chi connectivity index (χ3v) is 3.14. The van der Waals surface area contributed by atoms with Crippen molar-refractivity contribution in [2.24, 2.45) is 5.92 Å². The summed E-state index contributed by atoms with van der Waals surface area (Å²) in [5.74, 6) is 0.810. The van der Waals surface area contributed by atoms with Crippen LogP contribution in [0.25, 0.3) is 0 Å². The van der Waals surface area contributed by atoms with Crippen LogP contribution in [0.5, 0.6) is 0 Å². The van der Waals surface area contributed by atoms with Crippen LogP contribution in [0.15, 0.2) is 0 Å². The van der Waals surface area contributed by atoms with Crippen molar-refractivity contribution in [2.45, 2.75) is 44.8 Å². The molecule has 0 amide bonds. The van der Waals surface area contributed by atoms with Crippen LogP contribution in [0.1, 0.15) is 32.6 Å². The van der Waals surface area contributed by atoms with Gasteiger partial charge < -0.3 is 15.2 Å².